The lowest BCUT2D eigenvalue weighted by atomic mass is 10.2. The zero-order valence-electron chi connectivity index (χ0n) is 15.0. The third kappa shape index (κ3) is 4.60. The van der Waals surface area contributed by atoms with E-state index in [1.165, 1.54) is 12.1 Å². The Morgan fingerprint density at radius 3 is 2.46 bits per heavy atom. The highest BCUT2D eigenvalue weighted by atomic mass is 79.9. The van der Waals surface area contributed by atoms with Crippen molar-refractivity contribution in [3.05, 3.63) is 58.8 Å². The van der Waals surface area contributed by atoms with E-state index in [1.54, 1.807) is 31.4 Å². The number of sulfone groups is 1. The molecule has 0 amide bonds. The first kappa shape index (κ1) is 20.5. The van der Waals surface area contributed by atoms with Gasteiger partial charge in [0.1, 0.15) is 5.82 Å². The maximum absolute atomic E-state index is 13.2. The summed E-state index contributed by atoms with van der Waals surface area (Å²) < 4.78 is 50.9. The maximum atomic E-state index is 13.2. The zero-order chi connectivity index (χ0) is 20.1. The fraction of sp³-hybridized carbons (Fsp3) is 0.211. The van der Waals surface area contributed by atoms with Gasteiger partial charge in [-0.15, -0.1) is 0 Å². The van der Waals surface area contributed by atoms with Crippen LogP contribution < -0.4 is 5.32 Å². The molecule has 0 spiro atoms. The molecular formula is C19H18BrFN2O4S. The normalized spacial score (nSPS) is 11.5. The molecule has 0 bridgehead atoms. The molecule has 0 aliphatic carbocycles. The lowest BCUT2D eigenvalue weighted by Crippen LogP contribution is -2.09. The van der Waals surface area contributed by atoms with E-state index < -0.39 is 15.7 Å². The van der Waals surface area contributed by atoms with Gasteiger partial charge in [0.15, 0.2) is 0 Å². The predicted molar refractivity (Wildman–Crippen MR) is 106 cm³/mol. The first-order chi connectivity index (χ1) is 13.4. The highest BCUT2D eigenvalue weighted by Crippen LogP contribution is 2.32. The van der Waals surface area contributed by atoms with Crippen LogP contribution in [-0.4, -0.2) is 33.7 Å². The fourth-order valence-corrected chi connectivity index (χ4v) is 4.00. The molecular weight excluding hydrogens is 451 g/mol. The van der Waals surface area contributed by atoms with Gasteiger partial charge in [-0.3, -0.25) is 0 Å². The minimum atomic E-state index is -4.00. The third-order valence-corrected chi connectivity index (χ3v) is 6.08. The van der Waals surface area contributed by atoms with E-state index in [1.807, 2.05) is 0 Å². The Hall–Kier alpha value is -2.23. The van der Waals surface area contributed by atoms with E-state index in [4.69, 9.17) is 9.15 Å². The molecule has 6 nitrogen and oxygen atoms in total. The summed E-state index contributed by atoms with van der Waals surface area (Å²) in [5.41, 5.74) is 0.628. The van der Waals surface area contributed by atoms with Crippen LogP contribution in [0.15, 0.2) is 67.3 Å². The fourth-order valence-electron chi connectivity index (χ4n) is 2.46. The molecule has 1 heterocycles. The molecule has 0 saturated heterocycles. The van der Waals surface area contributed by atoms with Crippen molar-refractivity contribution < 1.29 is 22.0 Å². The molecule has 0 radical (unpaired) electrons. The number of nitrogens with zero attached hydrogens (tertiary/aromatic N) is 1. The van der Waals surface area contributed by atoms with Crippen molar-refractivity contribution in [2.75, 3.05) is 25.6 Å². The second-order valence-electron chi connectivity index (χ2n) is 5.89. The van der Waals surface area contributed by atoms with E-state index in [0.29, 0.717) is 25.1 Å². The molecule has 0 aliphatic heterocycles. The van der Waals surface area contributed by atoms with Gasteiger partial charge >= 0.3 is 0 Å². The average molecular weight is 469 g/mol. The largest absolute Gasteiger partial charge is 0.419 e. The molecule has 0 aliphatic rings. The molecule has 9 heteroatoms. The van der Waals surface area contributed by atoms with Gasteiger partial charge in [0.2, 0.25) is 26.6 Å². The Bertz CT molecular complexity index is 1030. The Labute approximate surface area is 170 Å². The van der Waals surface area contributed by atoms with Crippen LogP contribution in [0.3, 0.4) is 0 Å². The Balaban J connectivity index is 2.01. The molecule has 3 rings (SSSR count). The van der Waals surface area contributed by atoms with Crippen molar-refractivity contribution in [1.29, 1.82) is 0 Å². The molecule has 1 N–H and O–H groups in total. The number of halogens is 2. The van der Waals surface area contributed by atoms with E-state index in [-0.39, 0.29) is 21.7 Å². The number of nitrogens with one attached hydrogen (secondary N) is 1. The minimum absolute atomic E-state index is 0.0401. The molecule has 2 aromatic carbocycles. The first-order valence-corrected chi connectivity index (χ1v) is 10.7. The van der Waals surface area contributed by atoms with Crippen LogP contribution in [-0.2, 0) is 14.6 Å². The smallest absolute Gasteiger partial charge is 0.233 e. The first-order valence-electron chi connectivity index (χ1n) is 8.42. The van der Waals surface area contributed by atoms with Crippen LogP contribution in [0, 0.1) is 5.82 Å². The number of hydrogen-bond donors (Lipinski definition) is 1. The van der Waals surface area contributed by atoms with E-state index in [0.717, 1.165) is 16.6 Å². The monoisotopic (exact) mass is 468 g/mol. The average Bonchev–Trinajstić information content (AvgIpc) is 3.11. The van der Waals surface area contributed by atoms with Crippen molar-refractivity contribution in [2.24, 2.45) is 0 Å². The number of methoxy groups -OCH3 is 1. The van der Waals surface area contributed by atoms with E-state index in [9.17, 15) is 12.8 Å². The summed E-state index contributed by atoms with van der Waals surface area (Å²) >= 11 is 3.35. The number of oxazole rings is 1. The highest BCUT2D eigenvalue weighted by molar-refractivity contribution is 9.10. The van der Waals surface area contributed by atoms with Crippen LogP contribution >= 0.6 is 15.9 Å². The van der Waals surface area contributed by atoms with Gasteiger partial charge in [-0.05, 0) is 55.0 Å². The SMILES string of the molecule is COCCCNc1oc(-c2ccc(Br)cc2)nc1S(=O)(=O)c1ccc(F)cc1. The number of hydrogen-bond acceptors (Lipinski definition) is 6. The predicted octanol–water partition coefficient (Wildman–Crippen LogP) is 4.52. The van der Waals surface area contributed by atoms with Gasteiger partial charge in [0.05, 0.1) is 4.90 Å². The van der Waals surface area contributed by atoms with Crippen LogP contribution in [0.1, 0.15) is 6.42 Å². The Morgan fingerprint density at radius 1 is 1.14 bits per heavy atom. The number of anilines is 1. The van der Waals surface area contributed by atoms with Crippen LogP contribution in [0.5, 0.6) is 0 Å². The summed E-state index contributed by atoms with van der Waals surface area (Å²) in [6, 6.07) is 11.7. The summed E-state index contributed by atoms with van der Waals surface area (Å²) in [5, 5.41) is 2.72. The number of ether oxygens (including phenoxy) is 1. The third-order valence-electron chi connectivity index (χ3n) is 3.88. The minimum Gasteiger partial charge on any atom is -0.419 e. The molecule has 0 unspecified atom stereocenters. The maximum Gasteiger partial charge on any atom is 0.233 e. The lowest BCUT2D eigenvalue weighted by molar-refractivity contribution is 0.197. The number of rotatable bonds is 8. The van der Waals surface area contributed by atoms with E-state index in [2.05, 4.69) is 26.2 Å². The zero-order valence-corrected chi connectivity index (χ0v) is 17.4. The van der Waals surface area contributed by atoms with Crippen molar-refractivity contribution in [3.8, 4) is 11.5 Å². The standard InChI is InChI=1S/C19H18BrFN2O4S/c1-26-12-2-11-22-18-19(28(24,25)16-9-7-15(21)8-10-16)23-17(27-18)13-3-5-14(20)6-4-13/h3-10,22H,2,11-12H2,1H3. The van der Waals surface area contributed by atoms with Gasteiger partial charge in [-0.25, -0.2) is 12.8 Å². The quantitative estimate of drug-likeness (QED) is 0.386. The second kappa shape index (κ2) is 8.85. The number of benzene rings is 2. The second-order valence-corrected chi connectivity index (χ2v) is 8.67. The van der Waals surface area contributed by atoms with Crippen molar-refractivity contribution >= 4 is 31.7 Å². The van der Waals surface area contributed by atoms with Crippen molar-refractivity contribution in [1.82, 2.24) is 4.98 Å². The summed E-state index contributed by atoms with van der Waals surface area (Å²) in [4.78, 5) is 4.16. The Morgan fingerprint density at radius 2 is 1.82 bits per heavy atom. The molecule has 0 fully saturated rings. The highest BCUT2D eigenvalue weighted by Gasteiger charge is 2.28. The summed E-state index contributed by atoms with van der Waals surface area (Å²) in [6.07, 6.45) is 0.654. The van der Waals surface area contributed by atoms with Crippen LogP contribution in [0.25, 0.3) is 11.5 Å². The van der Waals surface area contributed by atoms with Gasteiger partial charge < -0.3 is 14.5 Å². The molecule has 28 heavy (non-hydrogen) atoms. The Kier molecular flexibility index (Phi) is 6.48. The molecule has 148 valence electrons. The van der Waals surface area contributed by atoms with Gasteiger partial charge in [-0.2, -0.15) is 4.98 Å². The van der Waals surface area contributed by atoms with Crippen LogP contribution in [0.4, 0.5) is 10.3 Å². The van der Waals surface area contributed by atoms with Crippen LogP contribution in [0.2, 0.25) is 0 Å². The number of aromatic nitrogens is 1. The lowest BCUT2D eigenvalue weighted by Gasteiger charge is -2.06. The summed E-state index contributed by atoms with van der Waals surface area (Å²) in [6.45, 7) is 0.954. The summed E-state index contributed by atoms with van der Waals surface area (Å²) in [5.74, 6) is -0.312. The van der Waals surface area contributed by atoms with Gasteiger partial charge in [0, 0.05) is 30.3 Å². The molecule has 0 atom stereocenters. The molecule has 3 aromatic rings. The topological polar surface area (TPSA) is 81.4 Å². The van der Waals surface area contributed by atoms with E-state index >= 15 is 0 Å². The molecule has 1 aromatic heterocycles. The van der Waals surface area contributed by atoms with Gasteiger partial charge in [0.25, 0.3) is 0 Å². The van der Waals surface area contributed by atoms with Gasteiger partial charge in [-0.1, -0.05) is 15.9 Å². The van der Waals surface area contributed by atoms with Crippen molar-refractivity contribution in [2.45, 2.75) is 16.3 Å². The molecule has 0 saturated carbocycles. The summed E-state index contributed by atoms with van der Waals surface area (Å²) in [7, 11) is -2.41. The van der Waals surface area contributed by atoms with Crippen molar-refractivity contribution in [3.63, 3.8) is 0 Å².